The van der Waals surface area contributed by atoms with E-state index in [-0.39, 0.29) is 119 Å². The Morgan fingerprint density at radius 1 is 0.380 bits per heavy atom. The molecule has 0 saturated carbocycles. The Labute approximate surface area is 463 Å². The maximum Gasteiger partial charge on any atom is 0.303 e. The van der Waals surface area contributed by atoms with E-state index in [1.165, 1.54) is 45.6 Å². The summed E-state index contributed by atoms with van der Waals surface area (Å²) in [6.07, 6.45) is 11.3. The lowest BCUT2D eigenvalue weighted by Gasteiger charge is -2.06. The van der Waals surface area contributed by atoms with Crippen molar-refractivity contribution in [3.05, 3.63) is 66.2 Å². The monoisotopic (exact) mass is 1120 g/mol. The molecule has 12 N–H and O–H groups in total. The highest BCUT2D eigenvalue weighted by Crippen LogP contribution is 2.07. The molecule has 0 radical (unpaired) electrons. The molecule has 2 aromatic rings. The molecule has 2 rings (SSSR count). The van der Waals surface area contributed by atoms with Crippen molar-refractivity contribution < 1.29 is 88.2 Å². The van der Waals surface area contributed by atoms with Crippen LogP contribution in [0.25, 0.3) is 0 Å². The maximum absolute atomic E-state index is 11.1. The van der Waals surface area contributed by atoms with Gasteiger partial charge in [-0.05, 0) is 44.4 Å². The van der Waals surface area contributed by atoms with E-state index in [1.807, 2.05) is 50.2 Å². The standard InChI is InChI=1S/C12H23NO3.C11H13NO3.C10H11NO3.C10H19NO3.C7H13NO3.C5H9NO3/c1-2-3-4-5-6-7-10-13-11(14)8-9-12(15)16;13-10(6-7-11(14)15)12-8-9-4-2-1-3-5-9;12-9(6-7-10(13)14)11-8-4-2-1-3-5-8;1-2-3-4-5-8-11-9(12)6-7-10(13)14;1-5(2)8-6(9)3-4-7(10)11;1-6-4(7)2-3-5(8)9/h2-10H2,1H3,(H,13,14)(H,15,16);1-5H,6-8H2,(H,12,13)(H,14,15);1-5H,6-7H2,(H,11,12)(H,13,14);2-8H2,1H3,(H,11,12)(H,13,14);5H,3-4H2,1-2H3,(H,8,9)(H,10,11);2-3H2,1H3,(H,6,7)(H,8,9). The minimum Gasteiger partial charge on any atom is -0.481 e. The van der Waals surface area contributed by atoms with Crippen molar-refractivity contribution in [1.29, 1.82) is 0 Å². The molecule has 0 aliphatic heterocycles. The second-order valence-electron chi connectivity index (χ2n) is 17.5. The molecule has 2 aromatic carbocycles. The summed E-state index contributed by atoms with van der Waals surface area (Å²) in [6.45, 7) is 9.76. The highest BCUT2D eigenvalue weighted by Gasteiger charge is 2.08. The van der Waals surface area contributed by atoms with E-state index in [0.29, 0.717) is 25.3 Å². The van der Waals surface area contributed by atoms with Gasteiger partial charge in [0.15, 0.2) is 0 Å². The zero-order valence-electron chi connectivity index (χ0n) is 46.6. The zero-order chi connectivity index (χ0) is 60.7. The number of carboxylic acids is 6. The highest BCUT2D eigenvalue weighted by atomic mass is 16.4. The molecule has 0 fully saturated rings. The molecule has 0 heterocycles. The largest absolute Gasteiger partial charge is 0.481 e. The second-order valence-corrected chi connectivity index (χ2v) is 17.5. The molecule has 24 nitrogen and oxygen atoms in total. The van der Waals surface area contributed by atoms with E-state index in [9.17, 15) is 57.5 Å². The summed E-state index contributed by atoms with van der Waals surface area (Å²) in [6, 6.07) is 18.5. The van der Waals surface area contributed by atoms with Crippen molar-refractivity contribution in [2.24, 2.45) is 0 Å². The summed E-state index contributed by atoms with van der Waals surface area (Å²) in [4.78, 5) is 126. The molecular formula is C55H88N6O18. The van der Waals surface area contributed by atoms with Gasteiger partial charge >= 0.3 is 35.8 Å². The molecule has 0 aromatic heterocycles. The van der Waals surface area contributed by atoms with Crippen molar-refractivity contribution in [3.63, 3.8) is 0 Å². The maximum atomic E-state index is 11.1. The first kappa shape index (κ1) is 77.6. The van der Waals surface area contributed by atoms with Crippen LogP contribution in [0.5, 0.6) is 0 Å². The van der Waals surface area contributed by atoms with Gasteiger partial charge in [-0.2, -0.15) is 0 Å². The van der Waals surface area contributed by atoms with E-state index < -0.39 is 35.8 Å². The van der Waals surface area contributed by atoms with E-state index >= 15 is 0 Å². The van der Waals surface area contributed by atoms with Crippen LogP contribution in [0.15, 0.2) is 60.7 Å². The summed E-state index contributed by atoms with van der Waals surface area (Å²) in [7, 11) is 1.48. The fourth-order valence-corrected chi connectivity index (χ4v) is 5.56. The van der Waals surface area contributed by atoms with E-state index in [2.05, 4.69) is 45.7 Å². The lowest BCUT2D eigenvalue weighted by atomic mass is 10.1. The fraction of sp³-hybridized carbons (Fsp3) is 0.564. The Balaban J connectivity index is -0.000000431. The van der Waals surface area contributed by atoms with Crippen LogP contribution in [0.1, 0.15) is 175 Å². The number of amides is 6. The third kappa shape index (κ3) is 68.1. The lowest BCUT2D eigenvalue weighted by Crippen LogP contribution is -2.30. The molecule has 79 heavy (non-hydrogen) atoms. The molecule has 0 unspecified atom stereocenters. The number of anilines is 1. The minimum atomic E-state index is -0.965. The van der Waals surface area contributed by atoms with Gasteiger partial charge in [0.05, 0.1) is 38.5 Å². The minimum absolute atomic E-state index is 0.00419. The van der Waals surface area contributed by atoms with Crippen LogP contribution in [-0.4, -0.2) is 128 Å². The molecule has 0 saturated heterocycles. The van der Waals surface area contributed by atoms with Crippen molar-refractivity contribution in [1.82, 2.24) is 26.6 Å². The average Bonchev–Trinajstić information content (AvgIpc) is 3.39. The second kappa shape index (κ2) is 54.9. The van der Waals surface area contributed by atoms with Crippen LogP contribution in [-0.2, 0) is 64.1 Å². The average molecular weight is 1120 g/mol. The van der Waals surface area contributed by atoms with Gasteiger partial charge in [0.2, 0.25) is 35.4 Å². The van der Waals surface area contributed by atoms with Gasteiger partial charge in [-0.1, -0.05) is 114 Å². The number of aliphatic carboxylic acids is 6. The molecule has 0 atom stereocenters. The summed E-state index contributed by atoms with van der Waals surface area (Å²) in [5.41, 5.74) is 1.68. The van der Waals surface area contributed by atoms with Gasteiger partial charge in [0.1, 0.15) is 0 Å². The normalized spacial score (nSPS) is 9.59. The van der Waals surface area contributed by atoms with Crippen LogP contribution in [0, 0.1) is 0 Å². The number of para-hydroxylation sites is 1. The van der Waals surface area contributed by atoms with Crippen molar-refractivity contribution in [2.45, 2.75) is 182 Å². The molecule has 0 aliphatic carbocycles. The number of carboxylic acid groups (broad SMARTS) is 6. The fourth-order valence-electron chi connectivity index (χ4n) is 5.56. The predicted molar refractivity (Wildman–Crippen MR) is 295 cm³/mol. The zero-order valence-corrected chi connectivity index (χ0v) is 46.6. The summed E-state index contributed by atoms with van der Waals surface area (Å²) in [5, 5.41) is 65.3. The Kier molecular flexibility index (Phi) is 53.9. The first-order valence-corrected chi connectivity index (χ1v) is 26.4. The van der Waals surface area contributed by atoms with E-state index in [4.69, 9.17) is 30.6 Å². The van der Waals surface area contributed by atoms with Gasteiger partial charge in [0.25, 0.3) is 0 Å². The van der Waals surface area contributed by atoms with Gasteiger partial charge in [-0.25, -0.2) is 0 Å². The Hall–Kier alpha value is -7.92. The third-order valence-electron chi connectivity index (χ3n) is 9.72. The van der Waals surface area contributed by atoms with Crippen LogP contribution in [0.2, 0.25) is 0 Å². The molecule has 6 amide bonds. The quantitative estimate of drug-likeness (QED) is 0.0332. The van der Waals surface area contributed by atoms with Gasteiger partial charge in [-0.3, -0.25) is 57.5 Å². The molecule has 0 bridgehead atoms. The van der Waals surface area contributed by atoms with E-state index in [1.54, 1.807) is 24.3 Å². The highest BCUT2D eigenvalue weighted by molar-refractivity contribution is 5.92. The summed E-state index contributed by atoms with van der Waals surface area (Å²) < 4.78 is 0. The molecule has 0 spiro atoms. The molecule has 446 valence electrons. The number of nitrogens with one attached hydrogen (secondary N) is 6. The van der Waals surface area contributed by atoms with Crippen molar-refractivity contribution in [3.8, 4) is 0 Å². The first-order valence-electron chi connectivity index (χ1n) is 26.4. The van der Waals surface area contributed by atoms with Gasteiger partial charge in [0, 0.05) is 76.9 Å². The molecule has 0 aliphatic rings. The molecule has 24 heteroatoms. The smallest absolute Gasteiger partial charge is 0.303 e. The SMILES string of the molecule is CC(C)NC(=O)CCC(=O)O.CCCCCCCCNC(=O)CCC(=O)O.CCCCCCNC(=O)CCC(=O)O.CNC(=O)CCC(=O)O.O=C(O)CCC(=O)NCc1ccccc1.O=C(O)CCC(=O)Nc1ccccc1. The Morgan fingerprint density at radius 3 is 1.06 bits per heavy atom. The third-order valence-corrected chi connectivity index (χ3v) is 9.72. The number of hydrogen-bond acceptors (Lipinski definition) is 12. The van der Waals surface area contributed by atoms with E-state index in [0.717, 1.165) is 31.2 Å². The number of hydrogen-bond donors (Lipinski definition) is 12. The number of carbonyl (C=O) groups excluding carboxylic acids is 6. The van der Waals surface area contributed by atoms with Crippen LogP contribution in [0.4, 0.5) is 5.69 Å². The predicted octanol–water partition coefficient (Wildman–Crippen LogP) is 6.51. The van der Waals surface area contributed by atoms with Gasteiger partial charge < -0.3 is 62.5 Å². The topological polar surface area (TPSA) is 398 Å². The van der Waals surface area contributed by atoms with Crippen LogP contribution >= 0.6 is 0 Å². The number of carbonyl (C=O) groups is 12. The van der Waals surface area contributed by atoms with Crippen LogP contribution < -0.4 is 31.9 Å². The number of unbranched alkanes of at least 4 members (excludes halogenated alkanes) is 8. The van der Waals surface area contributed by atoms with Crippen molar-refractivity contribution in [2.75, 3.05) is 25.5 Å². The van der Waals surface area contributed by atoms with Gasteiger partial charge in [-0.15, -0.1) is 0 Å². The van der Waals surface area contributed by atoms with Crippen molar-refractivity contribution >= 4 is 76.9 Å². The Morgan fingerprint density at radius 2 is 0.696 bits per heavy atom. The number of rotatable bonds is 34. The summed E-state index contributed by atoms with van der Waals surface area (Å²) in [5.74, 6) is -6.93. The lowest BCUT2D eigenvalue weighted by molar-refractivity contribution is -0.139. The molecular weight excluding hydrogens is 1030 g/mol. The van der Waals surface area contributed by atoms with Crippen LogP contribution in [0.3, 0.4) is 0 Å². The number of benzene rings is 2. The Bertz CT molecular complexity index is 2040. The first-order chi connectivity index (χ1) is 37.4. The summed E-state index contributed by atoms with van der Waals surface area (Å²) >= 11 is 0.